The van der Waals surface area contributed by atoms with Gasteiger partial charge in [0.05, 0.1) is 16.6 Å². The molecule has 0 aliphatic rings. The van der Waals surface area contributed by atoms with E-state index in [1.54, 1.807) is 6.07 Å². The minimum Gasteiger partial charge on any atom is -0.398 e. The van der Waals surface area contributed by atoms with Gasteiger partial charge in [0.1, 0.15) is 0 Å². The number of rotatable bonds is 5. The van der Waals surface area contributed by atoms with Gasteiger partial charge in [-0.25, -0.2) is 4.68 Å². The summed E-state index contributed by atoms with van der Waals surface area (Å²) in [6.45, 7) is 6.49. The van der Waals surface area contributed by atoms with Crippen molar-refractivity contribution in [2.45, 2.75) is 39.7 Å². The molecule has 0 spiro atoms. The van der Waals surface area contributed by atoms with Crippen LogP contribution >= 0.6 is 11.6 Å². The average Bonchev–Trinajstić information content (AvgIpc) is 2.89. The highest BCUT2D eigenvalue weighted by Gasteiger charge is 2.23. The maximum atomic E-state index is 6.26. The summed E-state index contributed by atoms with van der Waals surface area (Å²) in [5.74, 6) is 1.15. The summed E-state index contributed by atoms with van der Waals surface area (Å²) in [6, 6.07) is 5.63. The Balaban J connectivity index is 2.48. The lowest BCUT2D eigenvalue weighted by molar-refractivity contribution is 0.309. The van der Waals surface area contributed by atoms with Crippen molar-refractivity contribution in [3.8, 4) is 11.4 Å². The normalized spacial score (nSPS) is 12.8. The summed E-state index contributed by atoms with van der Waals surface area (Å²) in [5.41, 5.74) is 7.32. The highest BCUT2D eigenvalue weighted by Crippen LogP contribution is 2.34. The van der Waals surface area contributed by atoms with Gasteiger partial charge in [-0.3, -0.25) is 0 Å². The van der Waals surface area contributed by atoms with E-state index in [0.29, 0.717) is 28.0 Å². The first-order valence-electron chi connectivity index (χ1n) is 6.92. The van der Waals surface area contributed by atoms with Gasteiger partial charge in [0.25, 0.3) is 0 Å². The smallest absolute Gasteiger partial charge is 0.185 e. The Hall–Kier alpha value is -1.62. The van der Waals surface area contributed by atoms with Crippen LogP contribution < -0.4 is 5.73 Å². The Bertz CT molecular complexity index is 556. The summed E-state index contributed by atoms with van der Waals surface area (Å²) in [5, 5.41) is 12.6. The fourth-order valence-corrected chi connectivity index (χ4v) is 2.85. The topological polar surface area (TPSA) is 69.6 Å². The number of nitrogens with zero attached hydrogens (tertiary/aromatic N) is 4. The van der Waals surface area contributed by atoms with Gasteiger partial charge in [-0.2, -0.15) is 0 Å². The first-order chi connectivity index (χ1) is 9.60. The van der Waals surface area contributed by atoms with Crippen molar-refractivity contribution < 1.29 is 0 Å². The molecule has 5 nitrogen and oxygen atoms in total. The summed E-state index contributed by atoms with van der Waals surface area (Å²) in [6.07, 6.45) is 2.16. The predicted octanol–water partition coefficient (Wildman–Crippen LogP) is 3.57. The minimum absolute atomic E-state index is 0.200. The van der Waals surface area contributed by atoms with E-state index in [-0.39, 0.29) is 6.04 Å². The molecule has 0 aliphatic heterocycles. The molecule has 0 amide bonds. The zero-order chi connectivity index (χ0) is 14.7. The molecule has 6 heteroatoms. The van der Waals surface area contributed by atoms with Crippen LogP contribution in [0.15, 0.2) is 18.2 Å². The van der Waals surface area contributed by atoms with Crippen LogP contribution in [0.1, 0.15) is 39.7 Å². The van der Waals surface area contributed by atoms with Crippen molar-refractivity contribution in [1.29, 1.82) is 0 Å². The average molecular weight is 294 g/mol. The van der Waals surface area contributed by atoms with Crippen molar-refractivity contribution in [2.75, 3.05) is 5.73 Å². The number of halogens is 1. The van der Waals surface area contributed by atoms with Crippen LogP contribution in [-0.4, -0.2) is 20.2 Å². The molecule has 1 aromatic carbocycles. The van der Waals surface area contributed by atoms with E-state index in [1.165, 1.54) is 0 Å². The molecule has 2 rings (SSSR count). The summed E-state index contributed by atoms with van der Waals surface area (Å²) < 4.78 is 1.83. The maximum absolute atomic E-state index is 6.26. The molecule has 2 aromatic rings. The van der Waals surface area contributed by atoms with Crippen LogP contribution in [0.25, 0.3) is 11.4 Å². The van der Waals surface area contributed by atoms with Crippen LogP contribution in [0.3, 0.4) is 0 Å². The second kappa shape index (κ2) is 6.22. The lowest BCUT2D eigenvalue weighted by atomic mass is 9.95. The number of hydrogen-bond donors (Lipinski definition) is 1. The van der Waals surface area contributed by atoms with Gasteiger partial charge in [0, 0.05) is 5.69 Å². The first-order valence-corrected chi connectivity index (χ1v) is 7.30. The highest BCUT2D eigenvalue weighted by atomic mass is 35.5. The molecule has 0 fully saturated rings. The van der Waals surface area contributed by atoms with E-state index in [1.807, 2.05) is 16.8 Å². The molecule has 2 N–H and O–H groups in total. The lowest BCUT2D eigenvalue weighted by Crippen LogP contribution is -2.18. The monoisotopic (exact) mass is 293 g/mol. The van der Waals surface area contributed by atoms with E-state index in [0.717, 1.165) is 12.8 Å². The Morgan fingerprint density at radius 1 is 1.30 bits per heavy atom. The second-order valence-electron chi connectivity index (χ2n) is 4.97. The van der Waals surface area contributed by atoms with Gasteiger partial charge < -0.3 is 5.73 Å². The molecule has 0 aliphatic carbocycles. The number of benzene rings is 1. The quantitative estimate of drug-likeness (QED) is 0.856. The maximum Gasteiger partial charge on any atom is 0.185 e. The molecule has 1 heterocycles. The number of nitrogens with two attached hydrogens (primary N) is 1. The zero-order valence-electron chi connectivity index (χ0n) is 12.0. The number of nitrogen functional groups attached to an aromatic ring is 1. The largest absolute Gasteiger partial charge is 0.398 e. The van der Waals surface area contributed by atoms with Crippen LogP contribution in [0.5, 0.6) is 0 Å². The van der Waals surface area contributed by atoms with Crippen molar-refractivity contribution in [3.05, 3.63) is 23.2 Å². The third-order valence-corrected chi connectivity index (χ3v) is 4.19. The number of aromatic nitrogens is 4. The van der Waals surface area contributed by atoms with Gasteiger partial charge in [0.15, 0.2) is 5.82 Å². The van der Waals surface area contributed by atoms with Crippen molar-refractivity contribution in [2.24, 2.45) is 5.92 Å². The molecule has 20 heavy (non-hydrogen) atoms. The van der Waals surface area contributed by atoms with Gasteiger partial charge in [-0.1, -0.05) is 44.4 Å². The van der Waals surface area contributed by atoms with Gasteiger partial charge in [-0.15, -0.1) is 5.10 Å². The lowest BCUT2D eigenvalue weighted by Gasteiger charge is -2.22. The van der Waals surface area contributed by atoms with Crippen LogP contribution in [0.4, 0.5) is 5.69 Å². The summed E-state index contributed by atoms with van der Waals surface area (Å²) in [7, 11) is 0. The van der Waals surface area contributed by atoms with Crippen molar-refractivity contribution >= 4 is 17.3 Å². The first kappa shape index (κ1) is 14.8. The predicted molar refractivity (Wildman–Crippen MR) is 81.5 cm³/mol. The van der Waals surface area contributed by atoms with E-state index < -0.39 is 0 Å². The summed E-state index contributed by atoms with van der Waals surface area (Å²) in [4.78, 5) is 0. The third-order valence-electron chi connectivity index (χ3n) is 3.88. The standard InChI is InChI=1S/C14H20ClN5/c1-4-10(5-2)9(3)20-14(17-18-19-20)13-11(15)7-6-8-12(13)16/h6-10H,4-5,16H2,1-3H3. The zero-order valence-corrected chi connectivity index (χ0v) is 12.8. The van der Waals surface area contributed by atoms with E-state index in [2.05, 4.69) is 36.3 Å². The van der Waals surface area contributed by atoms with E-state index in [4.69, 9.17) is 17.3 Å². The minimum atomic E-state index is 0.200. The van der Waals surface area contributed by atoms with Crippen molar-refractivity contribution in [3.63, 3.8) is 0 Å². The number of anilines is 1. The van der Waals surface area contributed by atoms with Crippen LogP contribution in [0, 0.1) is 5.92 Å². The molecular formula is C14H20ClN5. The molecule has 1 atom stereocenters. The fourth-order valence-electron chi connectivity index (χ4n) is 2.58. The molecule has 108 valence electrons. The molecule has 0 saturated carbocycles. The van der Waals surface area contributed by atoms with E-state index >= 15 is 0 Å². The third kappa shape index (κ3) is 2.63. The highest BCUT2D eigenvalue weighted by molar-refractivity contribution is 6.33. The SMILES string of the molecule is CCC(CC)C(C)n1nnnc1-c1c(N)cccc1Cl. The van der Waals surface area contributed by atoms with Gasteiger partial charge >= 0.3 is 0 Å². The van der Waals surface area contributed by atoms with Gasteiger partial charge in [0.2, 0.25) is 0 Å². The van der Waals surface area contributed by atoms with Crippen molar-refractivity contribution in [1.82, 2.24) is 20.2 Å². The molecule has 0 radical (unpaired) electrons. The Labute approximate surface area is 124 Å². The Morgan fingerprint density at radius 2 is 2.00 bits per heavy atom. The number of hydrogen-bond acceptors (Lipinski definition) is 4. The number of tetrazole rings is 1. The molecule has 0 saturated heterocycles. The molecule has 1 aromatic heterocycles. The Morgan fingerprint density at radius 3 is 2.60 bits per heavy atom. The Kier molecular flexibility index (Phi) is 4.60. The second-order valence-corrected chi connectivity index (χ2v) is 5.38. The van der Waals surface area contributed by atoms with Crippen LogP contribution in [0.2, 0.25) is 5.02 Å². The molecule has 1 unspecified atom stereocenters. The molecule has 0 bridgehead atoms. The van der Waals surface area contributed by atoms with Crippen LogP contribution in [-0.2, 0) is 0 Å². The molecular weight excluding hydrogens is 274 g/mol. The fraction of sp³-hybridized carbons (Fsp3) is 0.500. The summed E-state index contributed by atoms with van der Waals surface area (Å²) >= 11 is 6.26. The van der Waals surface area contributed by atoms with Gasteiger partial charge in [-0.05, 0) is 35.4 Å². The van der Waals surface area contributed by atoms with E-state index in [9.17, 15) is 0 Å².